The maximum Gasteiger partial charge on any atom is 0.134 e. The van der Waals surface area contributed by atoms with Crippen LogP contribution in [0.5, 0.6) is 5.75 Å². The van der Waals surface area contributed by atoms with Crippen molar-refractivity contribution in [3.63, 3.8) is 0 Å². The smallest absolute Gasteiger partial charge is 0.134 e. The molecule has 1 atom stereocenters. The van der Waals surface area contributed by atoms with Gasteiger partial charge in [-0.15, -0.1) is 22.7 Å². The zero-order valence-electron chi connectivity index (χ0n) is 8.99. The van der Waals surface area contributed by atoms with Crippen LogP contribution in [0.3, 0.4) is 0 Å². The SMILES string of the molecule is COc1ccsc1C(N)c1cc(C)c(Br)s1. The second-order valence-electron chi connectivity index (χ2n) is 3.44. The summed E-state index contributed by atoms with van der Waals surface area (Å²) < 4.78 is 6.44. The van der Waals surface area contributed by atoms with Crippen LogP contribution in [0.15, 0.2) is 21.3 Å². The molecule has 0 aliphatic heterocycles. The second kappa shape index (κ2) is 4.87. The lowest BCUT2D eigenvalue weighted by Gasteiger charge is -2.09. The predicted octanol–water partition coefficient (Wildman–Crippen LogP) is 3.94. The number of rotatable bonds is 3. The molecule has 0 aliphatic carbocycles. The van der Waals surface area contributed by atoms with E-state index in [0.717, 1.165) is 19.3 Å². The van der Waals surface area contributed by atoms with E-state index in [-0.39, 0.29) is 6.04 Å². The van der Waals surface area contributed by atoms with Gasteiger partial charge in [0.05, 0.1) is 21.8 Å². The van der Waals surface area contributed by atoms with Crippen LogP contribution in [-0.4, -0.2) is 7.11 Å². The van der Waals surface area contributed by atoms with Gasteiger partial charge in [-0.05, 0) is 45.9 Å². The van der Waals surface area contributed by atoms with Crippen molar-refractivity contribution in [3.8, 4) is 5.75 Å². The minimum absolute atomic E-state index is 0.0926. The lowest BCUT2D eigenvalue weighted by atomic mass is 10.2. The van der Waals surface area contributed by atoms with Gasteiger partial charge in [0.1, 0.15) is 5.75 Å². The van der Waals surface area contributed by atoms with Crippen LogP contribution in [-0.2, 0) is 0 Å². The Bertz CT molecular complexity index is 472. The van der Waals surface area contributed by atoms with Crippen molar-refractivity contribution in [2.45, 2.75) is 13.0 Å². The van der Waals surface area contributed by atoms with E-state index in [1.54, 1.807) is 29.8 Å². The standard InChI is InChI=1S/C11H12BrNOS2/c1-6-5-8(16-11(6)12)9(13)10-7(14-2)3-4-15-10/h3-5,9H,13H2,1-2H3. The molecule has 0 aliphatic rings. The molecule has 0 fully saturated rings. The molecular formula is C11H12BrNOS2. The zero-order valence-corrected chi connectivity index (χ0v) is 12.2. The van der Waals surface area contributed by atoms with Crippen molar-refractivity contribution in [3.05, 3.63) is 36.6 Å². The lowest BCUT2D eigenvalue weighted by Crippen LogP contribution is -2.09. The molecule has 0 saturated carbocycles. The van der Waals surface area contributed by atoms with E-state index in [2.05, 4.69) is 28.9 Å². The van der Waals surface area contributed by atoms with Crippen molar-refractivity contribution in [1.29, 1.82) is 0 Å². The monoisotopic (exact) mass is 317 g/mol. The highest BCUT2D eigenvalue weighted by Gasteiger charge is 2.18. The number of halogens is 1. The van der Waals surface area contributed by atoms with Gasteiger partial charge in [-0.25, -0.2) is 0 Å². The Morgan fingerprint density at radius 3 is 2.81 bits per heavy atom. The Kier molecular flexibility index (Phi) is 3.69. The third kappa shape index (κ3) is 2.18. The van der Waals surface area contributed by atoms with E-state index in [1.807, 2.05) is 11.4 Å². The number of hydrogen-bond donors (Lipinski definition) is 1. The number of nitrogens with two attached hydrogens (primary N) is 1. The van der Waals surface area contributed by atoms with Gasteiger partial charge in [0.2, 0.25) is 0 Å². The largest absolute Gasteiger partial charge is 0.496 e. The van der Waals surface area contributed by atoms with Crippen LogP contribution in [0.2, 0.25) is 0 Å². The van der Waals surface area contributed by atoms with E-state index < -0.39 is 0 Å². The highest BCUT2D eigenvalue weighted by molar-refractivity contribution is 9.11. The molecule has 2 aromatic heterocycles. The highest BCUT2D eigenvalue weighted by atomic mass is 79.9. The van der Waals surface area contributed by atoms with Gasteiger partial charge in [0, 0.05) is 4.88 Å². The molecule has 0 bridgehead atoms. The molecule has 5 heteroatoms. The van der Waals surface area contributed by atoms with E-state index in [0.29, 0.717) is 0 Å². The van der Waals surface area contributed by atoms with Crippen LogP contribution < -0.4 is 10.5 Å². The summed E-state index contributed by atoms with van der Waals surface area (Å²) in [6.45, 7) is 2.07. The Hall–Kier alpha value is -0.360. The molecule has 2 heterocycles. The molecule has 2 nitrogen and oxygen atoms in total. The molecule has 1 unspecified atom stereocenters. The van der Waals surface area contributed by atoms with Crippen molar-refractivity contribution >= 4 is 38.6 Å². The lowest BCUT2D eigenvalue weighted by molar-refractivity contribution is 0.411. The van der Waals surface area contributed by atoms with Crippen molar-refractivity contribution in [2.75, 3.05) is 7.11 Å². The van der Waals surface area contributed by atoms with E-state index in [9.17, 15) is 0 Å². The maximum absolute atomic E-state index is 6.24. The second-order valence-corrected chi connectivity index (χ2v) is 6.79. The highest BCUT2D eigenvalue weighted by Crippen LogP contribution is 2.38. The van der Waals surface area contributed by atoms with Crippen LogP contribution in [0.1, 0.15) is 21.4 Å². The summed E-state index contributed by atoms with van der Waals surface area (Å²) in [4.78, 5) is 2.24. The molecule has 0 amide bonds. The third-order valence-electron chi connectivity index (χ3n) is 2.34. The van der Waals surface area contributed by atoms with Crippen LogP contribution in [0.25, 0.3) is 0 Å². The van der Waals surface area contributed by atoms with Crippen LogP contribution in [0, 0.1) is 6.92 Å². The molecule has 0 saturated heterocycles. The molecule has 16 heavy (non-hydrogen) atoms. The summed E-state index contributed by atoms with van der Waals surface area (Å²) in [5.41, 5.74) is 7.47. The molecule has 2 rings (SSSR count). The van der Waals surface area contributed by atoms with E-state index >= 15 is 0 Å². The minimum atomic E-state index is -0.0926. The fraction of sp³-hybridized carbons (Fsp3) is 0.273. The summed E-state index contributed by atoms with van der Waals surface area (Å²) >= 11 is 6.83. The molecular weight excluding hydrogens is 306 g/mol. The van der Waals surface area contributed by atoms with Crippen molar-refractivity contribution in [2.24, 2.45) is 5.73 Å². The Labute approximate surface area is 111 Å². The first-order chi connectivity index (χ1) is 7.63. The first kappa shape index (κ1) is 12.1. The van der Waals surface area contributed by atoms with Gasteiger partial charge in [-0.3, -0.25) is 0 Å². The van der Waals surface area contributed by atoms with Crippen molar-refractivity contribution in [1.82, 2.24) is 0 Å². The number of hydrogen-bond acceptors (Lipinski definition) is 4. The number of thiophene rings is 2. The first-order valence-electron chi connectivity index (χ1n) is 4.76. The topological polar surface area (TPSA) is 35.2 Å². The molecule has 2 aromatic rings. The molecule has 86 valence electrons. The molecule has 0 aromatic carbocycles. The predicted molar refractivity (Wildman–Crippen MR) is 73.7 cm³/mol. The number of methoxy groups -OCH3 is 1. The minimum Gasteiger partial charge on any atom is -0.496 e. The Balaban J connectivity index is 2.35. The maximum atomic E-state index is 6.24. The quantitative estimate of drug-likeness (QED) is 0.930. The normalized spacial score (nSPS) is 12.8. The van der Waals surface area contributed by atoms with Gasteiger partial charge in [-0.1, -0.05) is 0 Å². The number of aryl methyl sites for hydroxylation is 1. The van der Waals surface area contributed by atoms with Gasteiger partial charge < -0.3 is 10.5 Å². The average molecular weight is 318 g/mol. The van der Waals surface area contributed by atoms with Gasteiger partial charge in [0.25, 0.3) is 0 Å². The van der Waals surface area contributed by atoms with Crippen molar-refractivity contribution < 1.29 is 4.74 Å². The fourth-order valence-corrected chi connectivity index (χ4v) is 4.01. The first-order valence-corrected chi connectivity index (χ1v) is 7.25. The van der Waals surface area contributed by atoms with Gasteiger partial charge in [-0.2, -0.15) is 0 Å². The summed E-state index contributed by atoms with van der Waals surface area (Å²) in [5, 5.41) is 2.00. The molecule has 0 spiro atoms. The Morgan fingerprint density at radius 1 is 1.50 bits per heavy atom. The van der Waals surface area contributed by atoms with Crippen LogP contribution >= 0.6 is 38.6 Å². The third-order valence-corrected chi connectivity index (χ3v) is 5.54. The zero-order chi connectivity index (χ0) is 11.7. The van der Waals surface area contributed by atoms with Gasteiger partial charge >= 0.3 is 0 Å². The number of ether oxygens (including phenoxy) is 1. The van der Waals surface area contributed by atoms with Crippen LogP contribution in [0.4, 0.5) is 0 Å². The van der Waals surface area contributed by atoms with Gasteiger partial charge in [0.15, 0.2) is 0 Å². The fourth-order valence-electron chi connectivity index (χ4n) is 1.47. The van der Waals surface area contributed by atoms with E-state index in [1.165, 1.54) is 5.56 Å². The summed E-state index contributed by atoms with van der Waals surface area (Å²) in [5.74, 6) is 0.875. The summed E-state index contributed by atoms with van der Waals surface area (Å²) in [7, 11) is 1.67. The molecule has 2 N–H and O–H groups in total. The summed E-state index contributed by atoms with van der Waals surface area (Å²) in [6.07, 6.45) is 0. The molecule has 0 radical (unpaired) electrons. The summed E-state index contributed by atoms with van der Waals surface area (Å²) in [6, 6.07) is 3.98. The average Bonchev–Trinajstić information content (AvgIpc) is 2.85. The Morgan fingerprint density at radius 2 is 2.25 bits per heavy atom. The van der Waals surface area contributed by atoms with E-state index in [4.69, 9.17) is 10.5 Å².